The minimum Gasteiger partial charge on any atom is -0.217 e. The summed E-state index contributed by atoms with van der Waals surface area (Å²) in [5.41, 5.74) is 0. The van der Waals surface area contributed by atoms with Gasteiger partial charge in [0.1, 0.15) is 23.4 Å². The van der Waals surface area contributed by atoms with Crippen molar-refractivity contribution in [1.82, 2.24) is 0 Å². The average Bonchev–Trinajstić information content (AvgIpc) is 2.14. The zero-order valence-corrected chi connectivity index (χ0v) is 9.26. The van der Waals surface area contributed by atoms with Crippen LogP contribution < -0.4 is 0 Å². The summed E-state index contributed by atoms with van der Waals surface area (Å²) in [7, 11) is 0. The summed E-state index contributed by atoms with van der Waals surface area (Å²) in [6.45, 7) is 5.51. The molecule has 80 valence electrons. The normalized spacial score (nSPS) is 23.4. The van der Waals surface area contributed by atoms with Gasteiger partial charge in [-0.3, -0.25) is 0 Å². The van der Waals surface area contributed by atoms with Crippen molar-refractivity contribution in [3.05, 3.63) is 0 Å². The van der Waals surface area contributed by atoms with Gasteiger partial charge in [-0.25, -0.2) is 30.0 Å². The number of hydrogen-bond donors (Lipinski definition) is 0. The van der Waals surface area contributed by atoms with E-state index in [0.717, 1.165) is 0 Å². The molecule has 0 atom stereocenters. The zero-order valence-electron chi connectivity index (χ0n) is 9.26. The molecule has 0 radical (unpaired) electrons. The molecule has 3 rings (SSSR count). The van der Waals surface area contributed by atoms with Gasteiger partial charge in [-0.05, 0) is 20.8 Å². The number of rotatable bonds is 0. The molecule has 3 heterocycles. The van der Waals surface area contributed by atoms with E-state index >= 15 is 0 Å². The van der Waals surface area contributed by atoms with Crippen molar-refractivity contribution < 1.29 is 0 Å². The van der Waals surface area contributed by atoms with Crippen molar-refractivity contribution in [1.29, 1.82) is 0 Å². The molecule has 6 heteroatoms. The summed E-state index contributed by atoms with van der Waals surface area (Å²) in [6.07, 6.45) is 0. The zero-order chi connectivity index (χ0) is 11.3. The Balaban J connectivity index is 2.24. The number of hydrogen-bond acceptors (Lipinski definition) is 6. The van der Waals surface area contributed by atoms with Gasteiger partial charge in [-0.15, -0.1) is 0 Å². The van der Waals surface area contributed by atoms with Crippen LogP contribution in [0, 0.1) is 5.92 Å². The van der Waals surface area contributed by atoms with E-state index in [1.165, 1.54) is 0 Å². The highest BCUT2D eigenvalue weighted by Gasteiger charge is 2.36. The lowest BCUT2D eigenvalue weighted by atomic mass is 10.0. The Morgan fingerprint density at radius 1 is 0.562 bits per heavy atom. The maximum atomic E-state index is 4.31. The molecule has 0 saturated carbocycles. The Bertz CT molecular complexity index is 477. The second-order valence-corrected chi connectivity index (χ2v) is 3.82. The minimum absolute atomic E-state index is 0.170. The van der Waals surface area contributed by atoms with Crippen LogP contribution in [0.4, 0.5) is 0 Å². The molecule has 0 amide bonds. The molecule has 0 aliphatic carbocycles. The summed E-state index contributed by atoms with van der Waals surface area (Å²) in [6, 6.07) is 0. The molecule has 6 nitrogen and oxygen atoms in total. The summed E-state index contributed by atoms with van der Waals surface area (Å²) in [5.74, 6) is 3.96. The number of amidine groups is 6. The molecule has 0 spiro atoms. The van der Waals surface area contributed by atoms with Gasteiger partial charge in [0.15, 0.2) is 17.5 Å². The fourth-order valence-corrected chi connectivity index (χ4v) is 1.88. The standard InChI is InChI=1S/C10H10N6/c1-4-11-8-7-9(12-4)14-6(3)16-10(7)15-5(2)13-8/h7H,1-3H3. The van der Waals surface area contributed by atoms with Crippen LogP contribution >= 0.6 is 0 Å². The van der Waals surface area contributed by atoms with Gasteiger partial charge in [0.25, 0.3) is 0 Å². The predicted molar refractivity (Wildman–Crippen MR) is 65.1 cm³/mol. The Hall–Kier alpha value is -1.98. The number of aliphatic imine (C=N–C) groups is 6. The van der Waals surface area contributed by atoms with Crippen LogP contribution in [0.25, 0.3) is 0 Å². The summed E-state index contributed by atoms with van der Waals surface area (Å²) >= 11 is 0. The first-order valence-corrected chi connectivity index (χ1v) is 5.05. The molecule has 3 aliphatic heterocycles. The van der Waals surface area contributed by atoms with Crippen LogP contribution in [-0.4, -0.2) is 35.0 Å². The highest BCUT2D eigenvalue weighted by Crippen LogP contribution is 2.22. The van der Waals surface area contributed by atoms with E-state index in [4.69, 9.17) is 0 Å². The summed E-state index contributed by atoms with van der Waals surface area (Å²) in [5, 5.41) is 0. The Morgan fingerprint density at radius 2 is 0.875 bits per heavy atom. The molecule has 0 aromatic rings. The second-order valence-electron chi connectivity index (χ2n) is 3.82. The third-order valence-corrected chi connectivity index (χ3v) is 2.43. The first-order chi connectivity index (χ1) is 7.63. The van der Waals surface area contributed by atoms with E-state index < -0.39 is 0 Å². The first kappa shape index (κ1) is 9.26. The lowest BCUT2D eigenvalue weighted by Gasteiger charge is -2.25. The maximum Gasteiger partial charge on any atom is 0.150 e. The Morgan fingerprint density at radius 3 is 1.19 bits per heavy atom. The van der Waals surface area contributed by atoms with Gasteiger partial charge < -0.3 is 0 Å². The molecule has 3 aliphatic rings. The molecule has 0 bridgehead atoms. The van der Waals surface area contributed by atoms with Crippen LogP contribution in [-0.2, 0) is 0 Å². The van der Waals surface area contributed by atoms with Gasteiger partial charge in [0.2, 0.25) is 0 Å². The molecule has 16 heavy (non-hydrogen) atoms. The lowest BCUT2D eigenvalue weighted by Crippen LogP contribution is -2.39. The van der Waals surface area contributed by atoms with Crippen LogP contribution in [0.5, 0.6) is 0 Å². The third-order valence-electron chi connectivity index (χ3n) is 2.43. The molecule has 0 unspecified atom stereocenters. The van der Waals surface area contributed by atoms with Crippen molar-refractivity contribution in [2.45, 2.75) is 20.8 Å². The van der Waals surface area contributed by atoms with Crippen molar-refractivity contribution in [3.63, 3.8) is 0 Å². The average molecular weight is 214 g/mol. The van der Waals surface area contributed by atoms with E-state index in [-0.39, 0.29) is 5.92 Å². The van der Waals surface area contributed by atoms with Gasteiger partial charge >= 0.3 is 0 Å². The van der Waals surface area contributed by atoms with E-state index in [2.05, 4.69) is 30.0 Å². The highest BCUT2D eigenvalue weighted by atomic mass is 15.2. The monoisotopic (exact) mass is 214 g/mol. The molecule has 0 N–H and O–H groups in total. The topological polar surface area (TPSA) is 74.2 Å². The van der Waals surface area contributed by atoms with Crippen molar-refractivity contribution in [3.8, 4) is 0 Å². The molecule has 0 saturated heterocycles. The van der Waals surface area contributed by atoms with Crippen molar-refractivity contribution in [2.24, 2.45) is 35.9 Å². The van der Waals surface area contributed by atoms with Crippen LogP contribution in [0.3, 0.4) is 0 Å². The van der Waals surface area contributed by atoms with Gasteiger partial charge in [0, 0.05) is 0 Å². The summed E-state index contributed by atoms with van der Waals surface area (Å²) < 4.78 is 0. The Labute approximate surface area is 92.4 Å². The Kier molecular flexibility index (Phi) is 1.74. The van der Waals surface area contributed by atoms with Crippen molar-refractivity contribution >= 4 is 35.0 Å². The fraction of sp³-hybridized carbons (Fsp3) is 0.400. The third kappa shape index (κ3) is 1.26. The van der Waals surface area contributed by atoms with E-state index in [1.807, 2.05) is 20.8 Å². The van der Waals surface area contributed by atoms with E-state index in [9.17, 15) is 0 Å². The van der Waals surface area contributed by atoms with Crippen LogP contribution in [0.1, 0.15) is 20.8 Å². The maximum absolute atomic E-state index is 4.31. The van der Waals surface area contributed by atoms with Gasteiger partial charge in [-0.2, -0.15) is 0 Å². The molecule has 0 fully saturated rings. The predicted octanol–water partition coefficient (Wildman–Crippen LogP) is 1.09. The molecule has 0 aromatic carbocycles. The van der Waals surface area contributed by atoms with Crippen molar-refractivity contribution in [2.75, 3.05) is 0 Å². The molecular formula is C10H10N6. The lowest BCUT2D eigenvalue weighted by molar-refractivity contribution is 1.10. The van der Waals surface area contributed by atoms with Gasteiger partial charge in [-0.1, -0.05) is 0 Å². The fourth-order valence-electron chi connectivity index (χ4n) is 1.88. The quantitative estimate of drug-likeness (QED) is 0.579. The largest absolute Gasteiger partial charge is 0.217 e. The molecule has 0 aromatic heterocycles. The SMILES string of the molecule is CC1=NC2=NC(C)=NC3=NC(C)=NC(=N1)C23. The first-order valence-electron chi connectivity index (χ1n) is 5.05. The summed E-state index contributed by atoms with van der Waals surface area (Å²) in [4.78, 5) is 25.9. The van der Waals surface area contributed by atoms with Crippen LogP contribution in [0.2, 0.25) is 0 Å². The second kappa shape index (κ2) is 3.01. The smallest absolute Gasteiger partial charge is 0.150 e. The number of nitrogens with zero attached hydrogens (tertiary/aromatic N) is 6. The van der Waals surface area contributed by atoms with Gasteiger partial charge in [0.05, 0.1) is 0 Å². The minimum atomic E-state index is -0.170. The van der Waals surface area contributed by atoms with E-state index in [1.54, 1.807) is 0 Å². The van der Waals surface area contributed by atoms with Crippen LogP contribution in [0.15, 0.2) is 30.0 Å². The van der Waals surface area contributed by atoms with E-state index in [0.29, 0.717) is 35.0 Å². The highest BCUT2D eigenvalue weighted by molar-refractivity contribution is 6.35. The molecular weight excluding hydrogens is 204 g/mol.